The van der Waals surface area contributed by atoms with Crippen LogP contribution in [0.4, 0.5) is 10.1 Å². The first-order valence-electron chi connectivity index (χ1n) is 4.59. The highest BCUT2D eigenvalue weighted by atomic mass is 35.5. The summed E-state index contributed by atoms with van der Waals surface area (Å²) in [4.78, 5) is 4.24. The number of halogens is 2. The van der Waals surface area contributed by atoms with Gasteiger partial charge in [0.1, 0.15) is 0 Å². The fraction of sp³-hybridized carbons (Fsp3) is 0.300. The van der Waals surface area contributed by atoms with Crippen molar-refractivity contribution < 1.29 is 4.39 Å². The van der Waals surface area contributed by atoms with Crippen LogP contribution in [0.25, 0.3) is 0 Å². The lowest BCUT2D eigenvalue weighted by molar-refractivity contribution is 0.632. The second-order valence-corrected chi connectivity index (χ2v) is 5.14. The van der Waals surface area contributed by atoms with E-state index in [-0.39, 0.29) is 5.02 Å². The average Bonchev–Trinajstić information content (AvgIpc) is 2.59. The molecule has 0 spiro atoms. The molecule has 1 N–H and O–H groups in total. The molecule has 0 aromatic heterocycles. The monoisotopic (exact) mass is 244 g/mol. The molecule has 1 aromatic rings. The van der Waals surface area contributed by atoms with Crippen LogP contribution in [0, 0.1) is 5.82 Å². The zero-order chi connectivity index (χ0) is 10.8. The highest BCUT2D eigenvalue weighted by molar-refractivity contribution is 8.15. The summed E-state index contributed by atoms with van der Waals surface area (Å²) in [5.74, 6) is -0.429. The molecule has 0 radical (unpaired) electrons. The van der Waals surface area contributed by atoms with Gasteiger partial charge in [-0.3, -0.25) is 4.99 Å². The molecule has 1 unspecified atom stereocenters. The van der Waals surface area contributed by atoms with Crippen LogP contribution in [-0.2, 0) is 0 Å². The minimum absolute atomic E-state index is 0.122. The molecule has 0 saturated heterocycles. The molecule has 0 aliphatic carbocycles. The van der Waals surface area contributed by atoms with Gasteiger partial charge in [0, 0.05) is 5.25 Å². The van der Waals surface area contributed by atoms with E-state index in [9.17, 15) is 4.39 Å². The smallest absolute Gasteiger partial charge is 0.165 e. The number of amidine groups is 1. The van der Waals surface area contributed by atoms with Crippen molar-refractivity contribution in [2.75, 3.05) is 11.9 Å². The number of nitrogens with one attached hydrogen (secondary N) is 1. The first-order chi connectivity index (χ1) is 7.16. The molecule has 2 nitrogen and oxygen atoms in total. The SMILES string of the molecule is CC1CN=C(Nc2cccc(Cl)c2F)S1. The van der Waals surface area contributed by atoms with Crippen molar-refractivity contribution in [2.24, 2.45) is 4.99 Å². The van der Waals surface area contributed by atoms with Gasteiger partial charge in [0.05, 0.1) is 17.3 Å². The van der Waals surface area contributed by atoms with Gasteiger partial charge >= 0.3 is 0 Å². The predicted molar refractivity (Wildman–Crippen MR) is 64.4 cm³/mol. The van der Waals surface area contributed by atoms with Crippen LogP contribution in [0.1, 0.15) is 6.92 Å². The van der Waals surface area contributed by atoms with Crippen molar-refractivity contribution in [2.45, 2.75) is 12.2 Å². The first kappa shape index (κ1) is 10.8. The van der Waals surface area contributed by atoms with Gasteiger partial charge < -0.3 is 5.32 Å². The number of benzene rings is 1. The van der Waals surface area contributed by atoms with Gasteiger partial charge in [-0.2, -0.15) is 0 Å². The molecule has 0 fully saturated rings. The van der Waals surface area contributed by atoms with E-state index in [0.717, 1.165) is 11.7 Å². The highest BCUT2D eigenvalue weighted by Gasteiger charge is 2.16. The zero-order valence-electron chi connectivity index (χ0n) is 8.13. The number of hydrogen-bond acceptors (Lipinski definition) is 3. The molecule has 1 aliphatic heterocycles. The van der Waals surface area contributed by atoms with Gasteiger partial charge in [-0.25, -0.2) is 4.39 Å². The van der Waals surface area contributed by atoms with E-state index in [0.29, 0.717) is 10.9 Å². The fourth-order valence-electron chi connectivity index (χ4n) is 1.26. The van der Waals surface area contributed by atoms with Crippen LogP contribution in [-0.4, -0.2) is 17.0 Å². The quantitative estimate of drug-likeness (QED) is 0.819. The first-order valence-corrected chi connectivity index (χ1v) is 5.84. The molecule has 15 heavy (non-hydrogen) atoms. The Hall–Kier alpha value is -0.740. The Bertz CT molecular complexity index is 408. The van der Waals surface area contributed by atoms with E-state index in [1.54, 1.807) is 23.9 Å². The molecule has 0 saturated carbocycles. The van der Waals surface area contributed by atoms with Crippen LogP contribution >= 0.6 is 23.4 Å². The largest absolute Gasteiger partial charge is 0.333 e. The number of nitrogens with zero attached hydrogens (tertiary/aromatic N) is 1. The number of aliphatic imine (C=N–C) groups is 1. The van der Waals surface area contributed by atoms with Crippen molar-refractivity contribution in [1.82, 2.24) is 0 Å². The van der Waals surface area contributed by atoms with Crippen LogP contribution in [0.5, 0.6) is 0 Å². The van der Waals surface area contributed by atoms with Gasteiger partial charge in [0.2, 0.25) is 0 Å². The van der Waals surface area contributed by atoms with Gasteiger partial charge in [-0.15, -0.1) is 0 Å². The molecule has 1 atom stereocenters. The van der Waals surface area contributed by atoms with Gasteiger partial charge in [0.25, 0.3) is 0 Å². The number of hydrogen-bond donors (Lipinski definition) is 1. The third-order valence-corrected chi connectivity index (χ3v) is 3.30. The van der Waals surface area contributed by atoms with E-state index in [1.807, 2.05) is 0 Å². The summed E-state index contributed by atoms with van der Waals surface area (Å²) >= 11 is 7.27. The summed E-state index contributed by atoms with van der Waals surface area (Å²) in [7, 11) is 0. The lowest BCUT2D eigenvalue weighted by Crippen LogP contribution is -2.07. The Labute approximate surface area is 96.9 Å². The van der Waals surface area contributed by atoms with Crippen molar-refractivity contribution in [1.29, 1.82) is 0 Å². The molecular weight excluding hydrogens is 235 g/mol. The minimum atomic E-state index is -0.429. The summed E-state index contributed by atoms with van der Waals surface area (Å²) < 4.78 is 13.5. The van der Waals surface area contributed by atoms with Crippen LogP contribution in [0.3, 0.4) is 0 Å². The standard InChI is InChI=1S/C10H10ClFN2S/c1-6-5-13-10(15-6)14-8-4-2-3-7(11)9(8)12/h2-4,6H,5H2,1H3,(H,13,14). The molecule has 1 heterocycles. The lowest BCUT2D eigenvalue weighted by Gasteiger charge is -2.07. The fourth-order valence-corrected chi connectivity index (χ4v) is 2.28. The highest BCUT2D eigenvalue weighted by Crippen LogP contribution is 2.26. The van der Waals surface area contributed by atoms with E-state index in [1.165, 1.54) is 6.07 Å². The second kappa shape index (κ2) is 4.41. The molecule has 1 aromatic carbocycles. The maximum absolute atomic E-state index is 13.5. The third kappa shape index (κ3) is 2.44. The lowest BCUT2D eigenvalue weighted by atomic mass is 10.3. The predicted octanol–water partition coefficient (Wildman–Crippen LogP) is 3.38. The Kier molecular flexibility index (Phi) is 3.17. The topological polar surface area (TPSA) is 24.4 Å². The van der Waals surface area contributed by atoms with Crippen molar-refractivity contribution >= 4 is 34.2 Å². The Morgan fingerprint density at radius 1 is 1.60 bits per heavy atom. The number of anilines is 1. The van der Waals surface area contributed by atoms with Crippen molar-refractivity contribution in [3.63, 3.8) is 0 Å². The van der Waals surface area contributed by atoms with Crippen molar-refractivity contribution in [3.05, 3.63) is 29.0 Å². The molecule has 1 aliphatic rings. The van der Waals surface area contributed by atoms with Gasteiger partial charge in [-0.1, -0.05) is 36.4 Å². The van der Waals surface area contributed by atoms with E-state index >= 15 is 0 Å². The minimum Gasteiger partial charge on any atom is -0.333 e. The molecular formula is C10H10ClFN2S. The summed E-state index contributed by atoms with van der Waals surface area (Å²) in [5.41, 5.74) is 0.378. The molecule has 5 heteroatoms. The summed E-state index contributed by atoms with van der Waals surface area (Å²) in [6, 6.07) is 4.87. The number of rotatable bonds is 1. The van der Waals surface area contributed by atoms with Gasteiger partial charge in [0.15, 0.2) is 11.0 Å². The van der Waals surface area contributed by atoms with E-state index < -0.39 is 5.82 Å². The van der Waals surface area contributed by atoms with Gasteiger partial charge in [-0.05, 0) is 12.1 Å². The second-order valence-electron chi connectivity index (χ2n) is 3.30. The molecule has 0 amide bonds. The summed E-state index contributed by atoms with van der Waals surface area (Å²) in [6.45, 7) is 2.85. The zero-order valence-corrected chi connectivity index (χ0v) is 9.70. The Morgan fingerprint density at radius 2 is 2.40 bits per heavy atom. The third-order valence-electron chi connectivity index (χ3n) is 2.00. The molecule has 80 valence electrons. The normalized spacial score (nSPS) is 20.2. The number of thioether (sulfide) groups is 1. The summed E-state index contributed by atoms with van der Waals surface area (Å²) in [6.07, 6.45) is 0. The van der Waals surface area contributed by atoms with Crippen LogP contribution in [0.15, 0.2) is 23.2 Å². The maximum atomic E-state index is 13.5. The average molecular weight is 245 g/mol. The molecule has 2 rings (SSSR count). The molecule has 0 bridgehead atoms. The van der Waals surface area contributed by atoms with E-state index in [4.69, 9.17) is 11.6 Å². The Morgan fingerprint density at radius 3 is 3.07 bits per heavy atom. The summed E-state index contributed by atoms with van der Waals surface area (Å²) in [5, 5.41) is 4.26. The van der Waals surface area contributed by atoms with Crippen LogP contribution in [0.2, 0.25) is 5.02 Å². The Balaban J connectivity index is 2.15. The maximum Gasteiger partial charge on any atom is 0.165 e. The van der Waals surface area contributed by atoms with Crippen LogP contribution < -0.4 is 5.32 Å². The van der Waals surface area contributed by atoms with Crippen molar-refractivity contribution in [3.8, 4) is 0 Å². The van der Waals surface area contributed by atoms with E-state index in [2.05, 4.69) is 17.2 Å².